The minimum Gasteiger partial charge on any atom is -0.468 e. The summed E-state index contributed by atoms with van der Waals surface area (Å²) < 4.78 is 18.7. The van der Waals surface area contributed by atoms with Crippen LogP contribution in [0.25, 0.3) is 0 Å². The number of rotatable bonds is 7. The van der Waals surface area contributed by atoms with E-state index in [-0.39, 0.29) is 11.6 Å². The third kappa shape index (κ3) is 4.90. The molecule has 1 heterocycles. The highest BCUT2D eigenvalue weighted by atomic mass is 32.2. The molecule has 0 radical (unpaired) electrons. The Morgan fingerprint density at radius 3 is 2.50 bits per heavy atom. The van der Waals surface area contributed by atoms with Crippen LogP contribution in [-0.2, 0) is 20.7 Å². The monoisotopic (exact) mass is 458 g/mol. The van der Waals surface area contributed by atoms with E-state index in [2.05, 4.69) is 9.97 Å². The molecule has 1 aromatic carbocycles. The van der Waals surface area contributed by atoms with Crippen molar-refractivity contribution in [2.24, 2.45) is 17.8 Å². The summed E-state index contributed by atoms with van der Waals surface area (Å²) in [5, 5.41) is 0.590. The van der Waals surface area contributed by atoms with Gasteiger partial charge in [-0.3, -0.25) is 14.4 Å². The average molecular weight is 459 g/mol. The first-order chi connectivity index (χ1) is 15.3. The Morgan fingerprint density at radius 1 is 1.22 bits per heavy atom. The van der Waals surface area contributed by atoms with Gasteiger partial charge in [-0.05, 0) is 43.2 Å². The smallest absolute Gasteiger partial charge is 0.316 e. The lowest BCUT2D eigenvalue weighted by molar-refractivity contribution is -0.151. The van der Waals surface area contributed by atoms with Gasteiger partial charge in [-0.1, -0.05) is 37.7 Å². The van der Waals surface area contributed by atoms with Crippen LogP contribution in [0.5, 0.6) is 0 Å². The molecule has 32 heavy (non-hydrogen) atoms. The number of benzene rings is 1. The summed E-state index contributed by atoms with van der Waals surface area (Å²) in [6.07, 6.45) is 5.13. The molecule has 2 aromatic rings. The Morgan fingerprint density at radius 2 is 1.91 bits per heavy atom. The number of ketones is 2. The summed E-state index contributed by atoms with van der Waals surface area (Å²) >= 11 is 1.40. The molecule has 0 amide bonds. The molecule has 170 valence electrons. The molecule has 0 bridgehead atoms. The van der Waals surface area contributed by atoms with Gasteiger partial charge in [0.05, 0.1) is 18.4 Å². The number of methoxy groups -OCH3 is 1. The number of hydrogen-bond donors (Lipinski definition) is 0. The normalized spacial score (nSPS) is 17.9. The topological polar surface area (TPSA) is 86.2 Å². The van der Waals surface area contributed by atoms with Gasteiger partial charge in [-0.15, -0.1) is 0 Å². The standard InChI is InChI=1S/C24H27FN2O4S/c1-13(2)21(28)20(23(30)31-3)19(14-8-10-15(25)11-9-14)16-6-5-7-18-17(22(16)29)12-26-24(27-18)32-4/h8-13,16,19-20H,5-7H2,1-4H3. The second kappa shape index (κ2) is 10.3. The number of halogens is 1. The summed E-state index contributed by atoms with van der Waals surface area (Å²) in [6.45, 7) is 3.42. The van der Waals surface area contributed by atoms with Crippen molar-refractivity contribution in [1.29, 1.82) is 0 Å². The van der Waals surface area contributed by atoms with Crippen molar-refractivity contribution in [1.82, 2.24) is 9.97 Å². The van der Waals surface area contributed by atoms with E-state index in [9.17, 15) is 18.8 Å². The van der Waals surface area contributed by atoms with E-state index in [4.69, 9.17) is 4.74 Å². The lowest BCUT2D eigenvalue weighted by Gasteiger charge is -2.31. The number of ether oxygens (including phenoxy) is 1. The maximum atomic E-state index is 13.7. The fourth-order valence-corrected chi connectivity index (χ4v) is 4.68. The fraction of sp³-hybridized carbons (Fsp3) is 0.458. The number of esters is 1. The summed E-state index contributed by atoms with van der Waals surface area (Å²) in [7, 11) is 1.23. The van der Waals surface area contributed by atoms with Crippen molar-refractivity contribution < 1.29 is 23.5 Å². The van der Waals surface area contributed by atoms with Gasteiger partial charge in [0.25, 0.3) is 0 Å². The van der Waals surface area contributed by atoms with Crippen molar-refractivity contribution >= 4 is 29.3 Å². The fourth-order valence-electron chi connectivity index (χ4n) is 4.32. The largest absolute Gasteiger partial charge is 0.468 e. The molecular weight excluding hydrogens is 431 g/mol. The highest BCUT2D eigenvalue weighted by molar-refractivity contribution is 7.98. The molecule has 0 saturated carbocycles. The lowest BCUT2D eigenvalue weighted by atomic mass is 9.70. The first-order valence-electron chi connectivity index (χ1n) is 10.6. The zero-order chi connectivity index (χ0) is 23.4. The van der Waals surface area contributed by atoms with E-state index >= 15 is 0 Å². The number of thioether (sulfide) groups is 1. The molecule has 3 atom stereocenters. The van der Waals surface area contributed by atoms with E-state index < -0.39 is 35.5 Å². The van der Waals surface area contributed by atoms with E-state index in [1.165, 1.54) is 49.3 Å². The van der Waals surface area contributed by atoms with Gasteiger partial charge >= 0.3 is 5.97 Å². The van der Waals surface area contributed by atoms with Crippen LogP contribution in [0.15, 0.2) is 35.6 Å². The highest BCUT2D eigenvalue weighted by Crippen LogP contribution is 2.41. The van der Waals surface area contributed by atoms with Gasteiger partial charge in [0.15, 0.2) is 10.9 Å². The molecule has 0 spiro atoms. The zero-order valence-corrected chi connectivity index (χ0v) is 19.4. The van der Waals surface area contributed by atoms with E-state index in [0.717, 1.165) is 0 Å². The van der Waals surface area contributed by atoms with Crippen LogP contribution in [-0.4, -0.2) is 40.9 Å². The number of hydrogen-bond acceptors (Lipinski definition) is 7. The van der Waals surface area contributed by atoms with Crippen LogP contribution in [0.1, 0.15) is 54.2 Å². The van der Waals surface area contributed by atoms with Crippen molar-refractivity contribution in [2.45, 2.75) is 44.2 Å². The number of Topliss-reactive ketones (excluding diaryl/α,β-unsaturated/α-hetero) is 2. The molecule has 0 N–H and O–H groups in total. The first kappa shape index (κ1) is 24.0. The molecule has 0 saturated heterocycles. The predicted molar refractivity (Wildman–Crippen MR) is 119 cm³/mol. The van der Waals surface area contributed by atoms with Gasteiger partial charge in [0.1, 0.15) is 17.5 Å². The summed E-state index contributed by atoms with van der Waals surface area (Å²) in [5.74, 6) is -4.71. The zero-order valence-electron chi connectivity index (χ0n) is 18.6. The van der Waals surface area contributed by atoms with E-state index in [0.29, 0.717) is 41.2 Å². The molecule has 1 aromatic heterocycles. The van der Waals surface area contributed by atoms with Crippen molar-refractivity contribution in [3.63, 3.8) is 0 Å². The second-order valence-electron chi connectivity index (χ2n) is 8.22. The molecule has 6 nitrogen and oxygen atoms in total. The van der Waals surface area contributed by atoms with Crippen LogP contribution >= 0.6 is 11.8 Å². The maximum Gasteiger partial charge on any atom is 0.316 e. The number of carbonyl (C=O) groups is 3. The number of fused-ring (bicyclic) bond motifs is 1. The van der Waals surface area contributed by atoms with Crippen LogP contribution < -0.4 is 0 Å². The first-order valence-corrected chi connectivity index (χ1v) is 11.8. The van der Waals surface area contributed by atoms with E-state index in [1.54, 1.807) is 13.8 Å². The highest BCUT2D eigenvalue weighted by Gasteiger charge is 2.45. The van der Waals surface area contributed by atoms with Gasteiger partial charge in [0.2, 0.25) is 0 Å². The van der Waals surface area contributed by atoms with Gasteiger partial charge in [-0.2, -0.15) is 0 Å². The quantitative estimate of drug-likeness (QED) is 0.201. The molecule has 0 aliphatic heterocycles. The summed E-state index contributed by atoms with van der Waals surface area (Å²) in [4.78, 5) is 48.5. The minimum atomic E-state index is -1.17. The molecule has 1 aliphatic carbocycles. The number of aromatic nitrogens is 2. The Balaban J connectivity index is 2.15. The van der Waals surface area contributed by atoms with Crippen molar-refractivity contribution in [3.8, 4) is 0 Å². The Kier molecular flexibility index (Phi) is 7.77. The van der Waals surface area contributed by atoms with Gasteiger partial charge in [0, 0.05) is 24.0 Å². The van der Waals surface area contributed by atoms with Gasteiger partial charge in [-0.25, -0.2) is 14.4 Å². The Labute approximate surface area is 191 Å². The summed E-state index contributed by atoms with van der Waals surface area (Å²) in [5.41, 5.74) is 1.65. The molecule has 8 heteroatoms. The van der Waals surface area contributed by atoms with Crippen LogP contribution in [0.3, 0.4) is 0 Å². The number of aryl methyl sites for hydroxylation is 1. The van der Waals surface area contributed by atoms with Gasteiger partial charge < -0.3 is 4.74 Å². The SMILES string of the molecule is COC(=O)C(C(=O)C(C)C)C(c1ccc(F)cc1)C1CCCc2nc(SC)ncc2C1=O. The van der Waals surface area contributed by atoms with Crippen LogP contribution in [0.4, 0.5) is 4.39 Å². The predicted octanol–water partition coefficient (Wildman–Crippen LogP) is 4.27. The van der Waals surface area contributed by atoms with Crippen molar-refractivity contribution in [3.05, 3.63) is 53.1 Å². The Bertz CT molecular complexity index is 1010. The third-order valence-corrected chi connectivity index (χ3v) is 6.50. The Hall–Kier alpha value is -2.61. The second-order valence-corrected chi connectivity index (χ2v) is 8.99. The summed E-state index contributed by atoms with van der Waals surface area (Å²) in [6, 6.07) is 5.63. The molecule has 3 unspecified atom stereocenters. The van der Waals surface area contributed by atoms with Crippen LogP contribution in [0, 0.1) is 23.6 Å². The number of carbonyl (C=O) groups excluding carboxylic acids is 3. The lowest BCUT2D eigenvalue weighted by Crippen LogP contribution is -2.39. The third-order valence-electron chi connectivity index (χ3n) is 5.94. The average Bonchev–Trinajstić information content (AvgIpc) is 2.95. The van der Waals surface area contributed by atoms with Crippen LogP contribution in [0.2, 0.25) is 0 Å². The molecular formula is C24H27FN2O4S. The maximum absolute atomic E-state index is 13.7. The molecule has 0 fully saturated rings. The molecule has 1 aliphatic rings. The van der Waals surface area contributed by atoms with Crippen molar-refractivity contribution in [2.75, 3.05) is 13.4 Å². The minimum absolute atomic E-state index is 0.204. The molecule has 3 rings (SSSR count). The number of nitrogens with zero attached hydrogens (tertiary/aromatic N) is 2. The van der Waals surface area contributed by atoms with E-state index in [1.807, 2.05) is 6.26 Å².